The van der Waals surface area contributed by atoms with Crippen LogP contribution < -0.4 is 10.6 Å². The van der Waals surface area contributed by atoms with Crippen LogP contribution in [0.25, 0.3) is 0 Å². The zero-order chi connectivity index (χ0) is 11.7. The van der Waals surface area contributed by atoms with E-state index in [0.29, 0.717) is 12.6 Å². The number of hydrogen-bond donors (Lipinski definition) is 2. The van der Waals surface area contributed by atoms with E-state index < -0.39 is 0 Å². The zero-order valence-corrected chi connectivity index (χ0v) is 10.6. The fraction of sp³-hybridized carbons (Fsp3) is 0.917. The van der Waals surface area contributed by atoms with Gasteiger partial charge in [-0.1, -0.05) is 20.8 Å². The van der Waals surface area contributed by atoms with Gasteiger partial charge in [0, 0.05) is 12.6 Å². The van der Waals surface area contributed by atoms with Crippen LogP contribution in [-0.4, -0.2) is 25.0 Å². The Kier molecular flexibility index (Phi) is 8.38. The van der Waals surface area contributed by atoms with Crippen molar-refractivity contribution < 1.29 is 4.79 Å². The Morgan fingerprint density at radius 1 is 1.27 bits per heavy atom. The highest BCUT2D eigenvalue weighted by Gasteiger charge is 2.03. The van der Waals surface area contributed by atoms with Crippen LogP contribution in [0.15, 0.2) is 0 Å². The normalized spacial score (nSPS) is 12.9. The molecule has 0 aromatic carbocycles. The number of nitrogens with one attached hydrogen (secondary N) is 2. The molecule has 0 rings (SSSR count). The van der Waals surface area contributed by atoms with Gasteiger partial charge in [-0.3, -0.25) is 4.79 Å². The lowest BCUT2D eigenvalue weighted by atomic mass is 10.1. The van der Waals surface area contributed by atoms with E-state index in [0.717, 1.165) is 25.3 Å². The molecule has 90 valence electrons. The van der Waals surface area contributed by atoms with Crippen molar-refractivity contribution in [3.05, 3.63) is 0 Å². The Morgan fingerprint density at radius 3 is 2.47 bits per heavy atom. The molecule has 1 atom stereocenters. The number of rotatable bonds is 8. The van der Waals surface area contributed by atoms with Crippen molar-refractivity contribution >= 4 is 5.91 Å². The van der Waals surface area contributed by atoms with Gasteiger partial charge in [-0.15, -0.1) is 0 Å². The molecule has 0 spiro atoms. The van der Waals surface area contributed by atoms with Gasteiger partial charge in [0.05, 0.1) is 6.54 Å². The van der Waals surface area contributed by atoms with Crippen LogP contribution in [0.1, 0.15) is 47.0 Å². The fourth-order valence-electron chi connectivity index (χ4n) is 1.21. The Bertz CT molecular complexity index is 169. The third-order valence-corrected chi connectivity index (χ3v) is 2.50. The summed E-state index contributed by atoms with van der Waals surface area (Å²) in [6, 6.07) is 0.423. The van der Waals surface area contributed by atoms with E-state index in [1.165, 1.54) is 6.42 Å². The largest absolute Gasteiger partial charge is 0.355 e. The molecule has 0 aliphatic rings. The maximum atomic E-state index is 11.3. The van der Waals surface area contributed by atoms with Crippen molar-refractivity contribution in [2.75, 3.05) is 13.1 Å². The summed E-state index contributed by atoms with van der Waals surface area (Å²) in [7, 11) is 0. The lowest BCUT2D eigenvalue weighted by Gasteiger charge is -2.11. The number of carbonyl (C=O) groups excluding carboxylic acids is 1. The van der Waals surface area contributed by atoms with Crippen LogP contribution in [-0.2, 0) is 4.79 Å². The van der Waals surface area contributed by atoms with Crippen LogP contribution >= 0.6 is 0 Å². The van der Waals surface area contributed by atoms with Gasteiger partial charge in [0.1, 0.15) is 0 Å². The second-order valence-electron chi connectivity index (χ2n) is 4.58. The molecule has 0 bridgehead atoms. The summed E-state index contributed by atoms with van der Waals surface area (Å²) in [4.78, 5) is 11.3. The summed E-state index contributed by atoms with van der Waals surface area (Å²) < 4.78 is 0. The van der Waals surface area contributed by atoms with E-state index in [-0.39, 0.29) is 5.91 Å². The molecule has 1 amide bonds. The number of carbonyl (C=O) groups is 1. The highest BCUT2D eigenvalue weighted by molar-refractivity contribution is 5.77. The summed E-state index contributed by atoms with van der Waals surface area (Å²) in [5.74, 6) is 0.833. The Labute approximate surface area is 94.0 Å². The predicted molar refractivity (Wildman–Crippen MR) is 64.8 cm³/mol. The fourth-order valence-corrected chi connectivity index (χ4v) is 1.21. The van der Waals surface area contributed by atoms with Gasteiger partial charge in [0.25, 0.3) is 0 Å². The average molecular weight is 214 g/mol. The quantitative estimate of drug-likeness (QED) is 0.606. The molecule has 1 unspecified atom stereocenters. The van der Waals surface area contributed by atoms with E-state index in [1.54, 1.807) is 0 Å². The molecule has 0 aliphatic heterocycles. The molecule has 3 heteroatoms. The van der Waals surface area contributed by atoms with E-state index in [1.807, 2.05) is 0 Å². The average Bonchev–Trinajstić information content (AvgIpc) is 2.20. The van der Waals surface area contributed by atoms with Crippen molar-refractivity contribution in [3.63, 3.8) is 0 Å². The number of hydrogen-bond acceptors (Lipinski definition) is 2. The molecule has 0 aromatic heterocycles. The second kappa shape index (κ2) is 8.72. The zero-order valence-electron chi connectivity index (χ0n) is 10.6. The Hall–Kier alpha value is -0.570. The van der Waals surface area contributed by atoms with Gasteiger partial charge in [-0.05, 0) is 32.1 Å². The molecule has 0 saturated heterocycles. The molecule has 2 N–H and O–H groups in total. The lowest BCUT2D eigenvalue weighted by molar-refractivity contribution is -0.120. The third kappa shape index (κ3) is 9.73. The minimum atomic E-state index is 0.110. The number of amides is 1. The topological polar surface area (TPSA) is 41.1 Å². The maximum absolute atomic E-state index is 11.3. The minimum absolute atomic E-state index is 0.110. The van der Waals surface area contributed by atoms with E-state index in [9.17, 15) is 4.79 Å². The molecule has 0 heterocycles. The summed E-state index contributed by atoms with van der Waals surface area (Å²) >= 11 is 0. The molecule has 0 saturated carbocycles. The van der Waals surface area contributed by atoms with Crippen LogP contribution in [0, 0.1) is 5.92 Å². The second-order valence-corrected chi connectivity index (χ2v) is 4.58. The SMILES string of the molecule is CCC(C)NCC(=O)NCCCC(C)C. The van der Waals surface area contributed by atoms with Gasteiger partial charge in [-0.25, -0.2) is 0 Å². The molecular weight excluding hydrogens is 188 g/mol. The van der Waals surface area contributed by atoms with Crippen molar-refractivity contribution in [1.29, 1.82) is 0 Å². The summed E-state index contributed by atoms with van der Waals surface area (Å²) in [5.41, 5.74) is 0. The maximum Gasteiger partial charge on any atom is 0.233 e. The molecule has 15 heavy (non-hydrogen) atoms. The van der Waals surface area contributed by atoms with Gasteiger partial charge < -0.3 is 10.6 Å². The molecular formula is C12H26N2O. The standard InChI is InChI=1S/C12H26N2O/c1-5-11(4)14-9-12(15)13-8-6-7-10(2)3/h10-11,14H,5-9H2,1-4H3,(H,13,15). The molecule has 0 aromatic rings. The molecule has 3 nitrogen and oxygen atoms in total. The summed E-state index contributed by atoms with van der Waals surface area (Å²) in [5, 5.41) is 6.09. The van der Waals surface area contributed by atoms with Crippen LogP contribution in [0.5, 0.6) is 0 Å². The van der Waals surface area contributed by atoms with Crippen LogP contribution in [0.2, 0.25) is 0 Å². The smallest absolute Gasteiger partial charge is 0.233 e. The summed E-state index contributed by atoms with van der Waals surface area (Å²) in [6.45, 7) is 9.85. The van der Waals surface area contributed by atoms with Gasteiger partial charge in [-0.2, -0.15) is 0 Å². The van der Waals surface area contributed by atoms with Crippen molar-refractivity contribution in [2.24, 2.45) is 5.92 Å². The van der Waals surface area contributed by atoms with E-state index >= 15 is 0 Å². The molecule has 0 radical (unpaired) electrons. The highest BCUT2D eigenvalue weighted by Crippen LogP contribution is 2.01. The Balaban J connectivity index is 3.34. The third-order valence-electron chi connectivity index (χ3n) is 2.50. The van der Waals surface area contributed by atoms with Crippen LogP contribution in [0.3, 0.4) is 0 Å². The Morgan fingerprint density at radius 2 is 1.93 bits per heavy atom. The first kappa shape index (κ1) is 14.4. The first-order valence-electron chi connectivity index (χ1n) is 6.06. The van der Waals surface area contributed by atoms with E-state index in [4.69, 9.17) is 0 Å². The van der Waals surface area contributed by atoms with Gasteiger partial charge in [0.15, 0.2) is 0 Å². The first-order chi connectivity index (χ1) is 7.06. The van der Waals surface area contributed by atoms with E-state index in [2.05, 4.69) is 38.3 Å². The van der Waals surface area contributed by atoms with Crippen molar-refractivity contribution in [1.82, 2.24) is 10.6 Å². The van der Waals surface area contributed by atoms with Crippen molar-refractivity contribution in [3.8, 4) is 0 Å². The van der Waals surface area contributed by atoms with Gasteiger partial charge >= 0.3 is 0 Å². The van der Waals surface area contributed by atoms with Crippen LogP contribution in [0.4, 0.5) is 0 Å². The minimum Gasteiger partial charge on any atom is -0.355 e. The van der Waals surface area contributed by atoms with Crippen molar-refractivity contribution in [2.45, 2.75) is 53.0 Å². The predicted octanol–water partition coefficient (Wildman–Crippen LogP) is 1.93. The summed E-state index contributed by atoms with van der Waals surface area (Å²) in [6.07, 6.45) is 3.31. The molecule has 0 aliphatic carbocycles. The molecule has 0 fully saturated rings. The highest BCUT2D eigenvalue weighted by atomic mass is 16.1. The lowest BCUT2D eigenvalue weighted by Crippen LogP contribution is -2.38. The van der Waals surface area contributed by atoms with Gasteiger partial charge in [0.2, 0.25) is 5.91 Å². The monoisotopic (exact) mass is 214 g/mol. The first-order valence-corrected chi connectivity index (χ1v) is 6.06.